The number of unbranched alkanes of at least 4 members (excludes halogenated alkanes) is 2. The number of thiocarbonyl (C=S) groups is 1. The number of hydrogen-bond donors (Lipinski definition) is 1. The van der Waals surface area contributed by atoms with E-state index >= 15 is 0 Å². The van der Waals surface area contributed by atoms with Gasteiger partial charge in [0, 0.05) is 25.1 Å². The van der Waals surface area contributed by atoms with Gasteiger partial charge >= 0.3 is 5.97 Å². The molecule has 1 aromatic carbocycles. The van der Waals surface area contributed by atoms with Gasteiger partial charge in [-0.3, -0.25) is 14.5 Å². The van der Waals surface area contributed by atoms with Gasteiger partial charge in [-0.05, 0) is 37.1 Å². The molecular formula is C20H17F2NO4S2. The molecule has 152 valence electrons. The maximum Gasteiger partial charge on any atom is 0.303 e. The first-order valence-electron chi connectivity index (χ1n) is 8.87. The number of furan rings is 1. The number of carboxylic acids is 1. The molecule has 0 unspecified atom stereocenters. The summed E-state index contributed by atoms with van der Waals surface area (Å²) < 4.78 is 33.0. The van der Waals surface area contributed by atoms with Crippen LogP contribution in [0.4, 0.5) is 8.78 Å². The molecule has 1 saturated heterocycles. The average molecular weight is 437 g/mol. The van der Waals surface area contributed by atoms with Crippen LogP contribution in [0.5, 0.6) is 0 Å². The largest absolute Gasteiger partial charge is 0.481 e. The lowest BCUT2D eigenvalue weighted by Gasteiger charge is -2.13. The van der Waals surface area contributed by atoms with Crippen molar-refractivity contribution in [3.8, 4) is 11.3 Å². The first-order valence-corrected chi connectivity index (χ1v) is 10.1. The monoisotopic (exact) mass is 437 g/mol. The topological polar surface area (TPSA) is 70.8 Å². The van der Waals surface area contributed by atoms with E-state index in [1.807, 2.05) is 0 Å². The van der Waals surface area contributed by atoms with Gasteiger partial charge in [-0.25, -0.2) is 8.78 Å². The Hall–Kier alpha value is -2.52. The zero-order valence-corrected chi connectivity index (χ0v) is 16.8. The molecule has 1 fully saturated rings. The van der Waals surface area contributed by atoms with Crippen LogP contribution in [0.25, 0.3) is 17.4 Å². The van der Waals surface area contributed by atoms with Crippen LogP contribution in [0.3, 0.4) is 0 Å². The van der Waals surface area contributed by atoms with Crippen LogP contribution in [0.2, 0.25) is 0 Å². The molecule has 1 aromatic heterocycles. The Morgan fingerprint density at radius 3 is 2.72 bits per heavy atom. The van der Waals surface area contributed by atoms with Crippen LogP contribution in [-0.2, 0) is 9.59 Å². The van der Waals surface area contributed by atoms with E-state index in [1.54, 1.807) is 12.1 Å². The number of rotatable bonds is 8. The molecule has 1 aliphatic rings. The highest BCUT2D eigenvalue weighted by atomic mass is 32.2. The third kappa shape index (κ3) is 5.30. The second kappa shape index (κ2) is 9.32. The average Bonchev–Trinajstić information content (AvgIpc) is 3.21. The van der Waals surface area contributed by atoms with Crippen molar-refractivity contribution in [2.24, 2.45) is 0 Å². The van der Waals surface area contributed by atoms with Gasteiger partial charge in [-0.1, -0.05) is 30.4 Å². The predicted molar refractivity (Wildman–Crippen MR) is 110 cm³/mol. The molecule has 1 N–H and O–H groups in total. The normalized spacial score (nSPS) is 15.5. The molecule has 1 amide bonds. The maximum absolute atomic E-state index is 13.9. The number of carboxylic acid groups (broad SMARTS) is 1. The molecule has 0 saturated carbocycles. The number of carbonyl (C=O) groups is 2. The second-order valence-electron chi connectivity index (χ2n) is 6.36. The standard InChI is InChI=1S/C20H17F2NO4S2/c21-12-5-7-14(15(22)10-12)16-8-6-13(27-16)11-17-19(26)23(20(28)29-17)9-3-1-2-4-18(24)25/h5-8,10-11H,1-4,9H2,(H,24,25)/b17-11-. The molecule has 0 spiro atoms. The number of carbonyl (C=O) groups excluding carboxylic acids is 1. The minimum Gasteiger partial charge on any atom is -0.481 e. The van der Waals surface area contributed by atoms with Gasteiger partial charge in [0.05, 0.1) is 10.5 Å². The quantitative estimate of drug-likeness (QED) is 0.353. The lowest BCUT2D eigenvalue weighted by Crippen LogP contribution is -2.29. The molecular weight excluding hydrogens is 420 g/mol. The highest BCUT2D eigenvalue weighted by Crippen LogP contribution is 2.34. The number of aliphatic carboxylic acids is 1. The summed E-state index contributed by atoms with van der Waals surface area (Å²) in [6.45, 7) is 0.422. The molecule has 1 aliphatic heterocycles. The molecule has 0 bridgehead atoms. The van der Waals surface area contributed by atoms with E-state index in [2.05, 4.69) is 0 Å². The molecule has 9 heteroatoms. The number of hydrogen-bond acceptors (Lipinski definition) is 5. The highest BCUT2D eigenvalue weighted by Gasteiger charge is 2.31. The molecule has 0 atom stereocenters. The fraction of sp³-hybridized carbons (Fsp3) is 0.250. The van der Waals surface area contributed by atoms with Crippen LogP contribution in [0.15, 0.2) is 39.7 Å². The first-order chi connectivity index (χ1) is 13.8. The number of nitrogens with zero attached hydrogens (tertiary/aromatic N) is 1. The fourth-order valence-electron chi connectivity index (χ4n) is 2.81. The van der Waals surface area contributed by atoms with Gasteiger partial charge < -0.3 is 9.52 Å². The number of benzene rings is 1. The predicted octanol–water partition coefficient (Wildman–Crippen LogP) is 5.07. The van der Waals surface area contributed by atoms with Crippen molar-refractivity contribution in [2.75, 3.05) is 6.54 Å². The van der Waals surface area contributed by atoms with Crippen molar-refractivity contribution in [3.63, 3.8) is 0 Å². The maximum atomic E-state index is 13.9. The van der Waals surface area contributed by atoms with Gasteiger partial charge in [-0.2, -0.15) is 0 Å². The Kier molecular flexibility index (Phi) is 6.81. The second-order valence-corrected chi connectivity index (χ2v) is 8.04. The summed E-state index contributed by atoms with van der Waals surface area (Å²) in [5, 5.41) is 8.64. The van der Waals surface area contributed by atoms with Gasteiger partial charge in [0.1, 0.15) is 27.5 Å². The summed E-state index contributed by atoms with van der Waals surface area (Å²) in [5.41, 5.74) is 0.125. The Morgan fingerprint density at radius 1 is 1.21 bits per heavy atom. The number of thioether (sulfide) groups is 1. The van der Waals surface area contributed by atoms with Crippen LogP contribution >= 0.6 is 24.0 Å². The fourth-order valence-corrected chi connectivity index (χ4v) is 4.10. The smallest absolute Gasteiger partial charge is 0.303 e. The Morgan fingerprint density at radius 2 is 2.00 bits per heavy atom. The van der Waals surface area contributed by atoms with E-state index < -0.39 is 17.6 Å². The summed E-state index contributed by atoms with van der Waals surface area (Å²) >= 11 is 6.41. The molecule has 2 heterocycles. The van der Waals surface area contributed by atoms with Gasteiger partial charge in [0.15, 0.2) is 0 Å². The highest BCUT2D eigenvalue weighted by molar-refractivity contribution is 8.26. The minimum absolute atomic E-state index is 0.105. The van der Waals surface area contributed by atoms with Gasteiger partial charge in [0.25, 0.3) is 5.91 Å². The van der Waals surface area contributed by atoms with E-state index in [9.17, 15) is 18.4 Å². The summed E-state index contributed by atoms with van der Waals surface area (Å²) in [4.78, 5) is 25.0. The Labute approximate surface area is 175 Å². The lowest BCUT2D eigenvalue weighted by molar-refractivity contribution is -0.137. The van der Waals surface area contributed by atoms with Gasteiger partial charge in [-0.15, -0.1) is 0 Å². The van der Waals surface area contributed by atoms with E-state index in [-0.39, 0.29) is 23.7 Å². The Bertz CT molecular complexity index is 987. The van der Waals surface area contributed by atoms with Crippen LogP contribution in [0, 0.1) is 11.6 Å². The zero-order valence-electron chi connectivity index (χ0n) is 15.2. The molecule has 2 aromatic rings. The van der Waals surface area contributed by atoms with Gasteiger partial charge in [0.2, 0.25) is 0 Å². The van der Waals surface area contributed by atoms with Crippen molar-refractivity contribution in [1.82, 2.24) is 4.90 Å². The third-order valence-electron chi connectivity index (χ3n) is 4.24. The van der Waals surface area contributed by atoms with Crippen molar-refractivity contribution < 1.29 is 27.9 Å². The molecule has 0 radical (unpaired) electrons. The van der Waals surface area contributed by atoms with Crippen molar-refractivity contribution >= 4 is 46.3 Å². The molecule has 29 heavy (non-hydrogen) atoms. The SMILES string of the molecule is O=C(O)CCCCCN1C(=O)/C(=C/c2ccc(-c3ccc(F)cc3F)o2)SC1=S. The Balaban J connectivity index is 1.65. The van der Waals surface area contributed by atoms with E-state index in [4.69, 9.17) is 21.7 Å². The minimum atomic E-state index is -0.836. The zero-order chi connectivity index (χ0) is 21.0. The summed E-state index contributed by atoms with van der Waals surface area (Å²) in [6.07, 6.45) is 3.53. The van der Waals surface area contributed by atoms with Crippen LogP contribution < -0.4 is 0 Å². The summed E-state index contributed by atoms with van der Waals surface area (Å²) in [6, 6.07) is 6.35. The lowest BCUT2D eigenvalue weighted by atomic mass is 10.1. The number of amides is 1. The summed E-state index contributed by atoms with van der Waals surface area (Å²) in [7, 11) is 0. The molecule has 0 aliphatic carbocycles. The first kappa shape index (κ1) is 21.2. The van der Waals surface area contributed by atoms with E-state index in [0.717, 1.165) is 23.9 Å². The van der Waals surface area contributed by atoms with Crippen LogP contribution in [-0.4, -0.2) is 32.7 Å². The van der Waals surface area contributed by atoms with Crippen LogP contribution in [0.1, 0.15) is 31.4 Å². The van der Waals surface area contributed by atoms with E-state index in [1.165, 1.54) is 17.0 Å². The molecule has 5 nitrogen and oxygen atoms in total. The number of halogens is 2. The van der Waals surface area contributed by atoms with Crippen molar-refractivity contribution in [3.05, 3.63) is 52.6 Å². The van der Waals surface area contributed by atoms with Crippen molar-refractivity contribution in [1.29, 1.82) is 0 Å². The van der Waals surface area contributed by atoms with Crippen molar-refractivity contribution in [2.45, 2.75) is 25.7 Å². The third-order valence-corrected chi connectivity index (χ3v) is 5.62. The van der Waals surface area contributed by atoms with E-state index in [0.29, 0.717) is 40.8 Å². The molecule has 3 rings (SSSR count). The summed E-state index contributed by atoms with van der Waals surface area (Å²) in [5.74, 6) is -1.92.